The molecule has 0 bridgehead atoms. The molecule has 0 saturated carbocycles. The second-order valence-corrected chi connectivity index (χ2v) is 9.37. The Kier molecular flexibility index (Phi) is 6.72. The number of hydrogen-bond acceptors (Lipinski definition) is 5. The minimum absolute atomic E-state index is 0.170. The summed E-state index contributed by atoms with van der Waals surface area (Å²) in [5.74, 6) is 1.22. The van der Waals surface area contributed by atoms with Crippen molar-refractivity contribution in [1.82, 2.24) is 20.0 Å². The van der Waals surface area contributed by atoms with Gasteiger partial charge in [0.25, 0.3) is 0 Å². The first-order chi connectivity index (χ1) is 15.7. The summed E-state index contributed by atoms with van der Waals surface area (Å²) in [4.78, 5) is 19.8. The number of fused-ring (bicyclic) bond motifs is 1. The van der Waals surface area contributed by atoms with Crippen LogP contribution in [0.4, 0.5) is 0 Å². The van der Waals surface area contributed by atoms with Gasteiger partial charge < -0.3 is 10.1 Å². The molecule has 2 saturated heterocycles. The van der Waals surface area contributed by atoms with Crippen LogP contribution in [0.25, 0.3) is 0 Å². The van der Waals surface area contributed by atoms with Crippen LogP contribution in [0.15, 0.2) is 48.5 Å². The highest BCUT2D eigenvalue weighted by molar-refractivity contribution is 5.78. The van der Waals surface area contributed by atoms with E-state index in [1.165, 1.54) is 16.7 Å². The average molecular weight is 435 g/mol. The first-order valence-electron chi connectivity index (χ1n) is 12.0. The topological polar surface area (TPSA) is 48.1 Å². The molecule has 0 spiro atoms. The van der Waals surface area contributed by atoms with Gasteiger partial charge in [-0.05, 0) is 29.2 Å². The van der Waals surface area contributed by atoms with Crippen LogP contribution < -0.4 is 10.1 Å². The predicted octanol–water partition coefficient (Wildman–Crippen LogP) is 2.13. The van der Waals surface area contributed by atoms with E-state index in [9.17, 15) is 4.79 Å². The van der Waals surface area contributed by atoms with Crippen LogP contribution in [0, 0.1) is 0 Å². The lowest BCUT2D eigenvalue weighted by Crippen LogP contribution is -2.50. The van der Waals surface area contributed by atoms with Crippen molar-refractivity contribution in [2.24, 2.45) is 0 Å². The second-order valence-electron chi connectivity index (χ2n) is 9.37. The molecule has 3 aliphatic heterocycles. The maximum absolute atomic E-state index is 12.6. The molecule has 5 rings (SSSR count). The number of nitrogens with zero attached hydrogens (tertiary/aromatic N) is 3. The molecule has 2 fully saturated rings. The number of nitrogens with one attached hydrogen (secondary N) is 1. The molecule has 3 aliphatic rings. The van der Waals surface area contributed by atoms with E-state index in [4.69, 9.17) is 4.74 Å². The lowest BCUT2D eigenvalue weighted by Gasteiger charge is -2.34. The van der Waals surface area contributed by atoms with Gasteiger partial charge in [-0.3, -0.25) is 19.5 Å². The van der Waals surface area contributed by atoms with Crippen molar-refractivity contribution in [2.75, 3.05) is 52.4 Å². The fourth-order valence-corrected chi connectivity index (χ4v) is 5.11. The molecular formula is C26H34N4O2. The van der Waals surface area contributed by atoms with Gasteiger partial charge in [-0.15, -0.1) is 0 Å². The molecule has 0 aliphatic carbocycles. The lowest BCUT2D eigenvalue weighted by atomic mass is 10.1. The van der Waals surface area contributed by atoms with E-state index in [1.54, 1.807) is 0 Å². The largest absolute Gasteiger partial charge is 0.493 e. The zero-order chi connectivity index (χ0) is 21.8. The third-order valence-electron chi connectivity index (χ3n) is 6.88. The molecule has 3 heterocycles. The molecule has 0 radical (unpaired) electrons. The van der Waals surface area contributed by atoms with Gasteiger partial charge in [-0.25, -0.2) is 0 Å². The number of benzene rings is 2. The number of piperazine rings is 1. The highest BCUT2D eigenvalue weighted by Crippen LogP contribution is 2.26. The van der Waals surface area contributed by atoms with Crippen LogP contribution in [0.3, 0.4) is 0 Å². The number of rotatable bonds is 7. The van der Waals surface area contributed by atoms with Crippen LogP contribution in [0.2, 0.25) is 0 Å². The lowest BCUT2D eigenvalue weighted by molar-refractivity contribution is -0.123. The smallest absolute Gasteiger partial charge is 0.234 e. The molecule has 2 aromatic carbocycles. The summed E-state index contributed by atoms with van der Waals surface area (Å²) in [6.07, 6.45) is 2.06. The Morgan fingerprint density at radius 1 is 0.906 bits per heavy atom. The van der Waals surface area contributed by atoms with Crippen LogP contribution in [0.5, 0.6) is 5.75 Å². The molecule has 170 valence electrons. The molecule has 6 heteroatoms. The maximum Gasteiger partial charge on any atom is 0.234 e. The highest BCUT2D eigenvalue weighted by Gasteiger charge is 2.25. The summed E-state index contributed by atoms with van der Waals surface area (Å²) in [6.45, 7) is 9.18. The number of carbonyl (C=O) groups is 1. The monoisotopic (exact) mass is 434 g/mol. The molecule has 1 amide bonds. The predicted molar refractivity (Wildman–Crippen MR) is 126 cm³/mol. The SMILES string of the molecule is O=C(CN1CCN(Cc2ccc3c(c2)CCO3)CC1)NC1CCN(Cc2ccccc2)C1. The zero-order valence-corrected chi connectivity index (χ0v) is 18.8. The van der Waals surface area contributed by atoms with Gasteiger partial charge in [0, 0.05) is 64.8 Å². The highest BCUT2D eigenvalue weighted by atomic mass is 16.5. The first kappa shape index (κ1) is 21.4. The minimum atomic E-state index is 0.170. The number of amides is 1. The van der Waals surface area contributed by atoms with Crippen molar-refractivity contribution in [2.45, 2.75) is 32.0 Å². The molecule has 32 heavy (non-hydrogen) atoms. The van der Waals surface area contributed by atoms with Crippen LogP contribution >= 0.6 is 0 Å². The van der Waals surface area contributed by atoms with Crippen molar-refractivity contribution in [3.05, 3.63) is 65.2 Å². The Bertz CT molecular complexity index is 911. The summed E-state index contributed by atoms with van der Waals surface area (Å²) in [7, 11) is 0. The van der Waals surface area contributed by atoms with E-state index in [-0.39, 0.29) is 11.9 Å². The summed E-state index contributed by atoms with van der Waals surface area (Å²) >= 11 is 0. The zero-order valence-electron chi connectivity index (χ0n) is 18.8. The van der Waals surface area contributed by atoms with Crippen molar-refractivity contribution < 1.29 is 9.53 Å². The summed E-state index contributed by atoms with van der Waals surface area (Å²) < 4.78 is 5.61. The quantitative estimate of drug-likeness (QED) is 0.724. The standard InChI is InChI=1S/C26H34N4O2/c31-26(27-24-8-10-30(19-24)17-21-4-2-1-3-5-21)20-29-13-11-28(12-14-29)18-22-6-7-25-23(16-22)9-15-32-25/h1-7,16,24H,8-15,17-20H2,(H,27,31). The Labute approximate surface area is 191 Å². The summed E-state index contributed by atoms with van der Waals surface area (Å²) in [6, 6.07) is 17.4. The van der Waals surface area contributed by atoms with E-state index in [0.29, 0.717) is 6.54 Å². The molecule has 1 unspecified atom stereocenters. The van der Waals surface area contributed by atoms with E-state index >= 15 is 0 Å². The van der Waals surface area contributed by atoms with Gasteiger partial charge in [0.05, 0.1) is 13.2 Å². The number of ether oxygens (including phenoxy) is 1. The van der Waals surface area contributed by atoms with E-state index < -0.39 is 0 Å². The first-order valence-corrected chi connectivity index (χ1v) is 12.0. The van der Waals surface area contributed by atoms with Crippen molar-refractivity contribution >= 4 is 5.91 Å². The Morgan fingerprint density at radius 2 is 1.69 bits per heavy atom. The van der Waals surface area contributed by atoms with Crippen molar-refractivity contribution in [3.63, 3.8) is 0 Å². The fourth-order valence-electron chi connectivity index (χ4n) is 5.11. The molecule has 1 atom stereocenters. The Morgan fingerprint density at radius 3 is 2.53 bits per heavy atom. The third-order valence-corrected chi connectivity index (χ3v) is 6.88. The van der Waals surface area contributed by atoms with Crippen LogP contribution in [0.1, 0.15) is 23.1 Å². The average Bonchev–Trinajstić information content (AvgIpc) is 3.45. The van der Waals surface area contributed by atoms with Gasteiger partial charge >= 0.3 is 0 Å². The number of carbonyl (C=O) groups excluding carboxylic acids is 1. The van der Waals surface area contributed by atoms with E-state index in [2.05, 4.69) is 68.5 Å². The normalized spacial score (nSPS) is 21.9. The molecule has 0 aromatic heterocycles. The maximum atomic E-state index is 12.6. The number of likely N-dealkylation sites (tertiary alicyclic amines) is 1. The summed E-state index contributed by atoms with van der Waals surface area (Å²) in [5, 5.41) is 3.27. The second kappa shape index (κ2) is 10.0. The van der Waals surface area contributed by atoms with Crippen molar-refractivity contribution in [3.8, 4) is 5.75 Å². The molecule has 2 aromatic rings. The van der Waals surface area contributed by atoms with Gasteiger partial charge in [-0.2, -0.15) is 0 Å². The Balaban J connectivity index is 1.01. The molecular weight excluding hydrogens is 400 g/mol. The van der Waals surface area contributed by atoms with Crippen LogP contribution in [-0.4, -0.2) is 79.1 Å². The van der Waals surface area contributed by atoms with Crippen LogP contribution in [-0.2, 0) is 24.3 Å². The van der Waals surface area contributed by atoms with Crippen molar-refractivity contribution in [1.29, 1.82) is 0 Å². The van der Waals surface area contributed by atoms with Gasteiger partial charge in [0.2, 0.25) is 5.91 Å². The fraction of sp³-hybridized carbons (Fsp3) is 0.500. The molecule has 1 N–H and O–H groups in total. The van der Waals surface area contributed by atoms with Gasteiger partial charge in [0.15, 0.2) is 0 Å². The minimum Gasteiger partial charge on any atom is -0.493 e. The van der Waals surface area contributed by atoms with Gasteiger partial charge in [-0.1, -0.05) is 42.5 Å². The number of hydrogen-bond donors (Lipinski definition) is 1. The summed E-state index contributed by atoms with van der Waals surface area (Å²) in [5.41, 5.74) is 4.04. The Hall–Kier alpha value is -2.41. The van der Waals surface area contributed by atoms with E-state index in [1.807, 2.05) is 0 Å². The molecule has 6 nitrogen and oxygen atoms in total. The van der Waals surface area contributed by atoms with E-state index in [0.717, 1.165) is 77.6 Å². The van der Waals surface area contributed by atoms with Gasteiger partial charge in [0.1, 0.15) is 5.75 Å². The third kappa shape index (κ3) is 5.49.